The van der Waals surface area contributed by atoms with Crippen LogP contribution in [0.15, 0.2) is 30.3 Å². The number of halogens is 2. The highest BCUT2D eigenvalue weighted by Gasteiger charge is 2.18. The molecule has 0 saturated heterocycles. The van der Waals surface area contributed by atoms with Crippen LogP contribution in [0.25, 0.3) is 0 Å². The summed E-state index contributed by atoms with van der Waals surface area (Å²) in [5, 5.41) is 7.50. The van der Waals surface area contributed by atoms with E-state index in [-0.39, 0.29) is 17.3 Å². The summed E-state index contributed by atoms with van der Waals surface area (Å²) >= 11 is 6.46. The molecule has 3 rings (SSSR count). The molecule has 1 atom stereocenters. The SMILES string of the molecule is CC(C)CC(C)CC(=O)c1ccc(CNc2c(Cl)ccc3c2CCNCC3)cc1F. The monoisotopic (exact) mass is 430 g/mol. The Bertz CT molecular complexity index is 897. The maximum atomic E-state index is 14.7. The lowest BCUT2D eigenvalue weighted by molar-refractivity contribution is 0.0956. The van der Waals surface area contributed by atoms with Gasteiger partial charge in [-0.25, -0.2) is 4.39 Å². The van der Waals surface area contributed by atoms with E-state index in [0.29, 0.717) is 23.9 Å². The fourth-order valence-electron chi connectivity index (χ4n) is 4.33. The molecular weight excluding hydrogens is 399 g/mol. The van der Waals surface area contributed by atoms with Gasteiger partial charge in [0.2, 0.25) is 0 Å². The molecule has 2 aromatic rings. The van der Waals surface area contributed by atoms with Gasteiger partial charge in [0.05, 0.1) is 16.3 Å². The zero-order chi connectivity index (χ0) is 21.7. The Morgan fingerprint density at radius 1 is 1.17 bits per heavy atom. The number of anilines is 1. The maximum absolute atomic E-state index is 14.7. The summed E-state index contributed by atoms with van der Waals surface area (Å²) in [5.41, 5.74) is 4.45. The van der Waals surface area contributed by atoms with Gasteiger partial charge in [-0.05, 0) is 79.1 Å². The molecule has 2 aromatic carbocycles. The predicted molar refractivity (Wildman–Crippen MR) is 123 cm³/mol. The van der Waals surface area contributed by atoms with Crippen LogP contribution in [0.4, 0.5) is 10.1 Å². The zero-order valence-corrected chi connectivity index (χ0v) is 18.9. The Hall–Kier alpha value is -1.91. The van der Waals surface area contributed by atoms with Crippen molar-refractivity contribution in [1.29, 1.82) is 0 Å². The first-order valence-electron chi connectivity index (χ1n) is 10.9. The first kappa shape index (κ1) is 22.8. The minimum atomic E-state index is -0.446. The van der Waals surface area contributed by atoms with Gasteiger partial charge in [0, 0.05) is 13.0 Å². The van der Waals surface area contributed by atoms with E-state index < -0.39 is 5.82 Å². The number of Topliss-reactive ketones (excluding diaryl/α,β-unsaturated/α-hetero) is 1. The van der Waals surface area contributed by atoms with Crippen molar-refractivity contribution in [3.63, 3.8) is 0 Å². The van der Waals surface area contributed by atoms with Gasteiger partial charge in [-0.1, -0.05) is 44.5 Å². The summed E-state index contributed by atoms with van der Waals surface area (Å²) in [4.78, 5) is 12.5. The van der Waals surface area contributed by atoms with Gasteiger partial charge in [-0.2, -0.15) is 0 Å². The second-order valence-electron chi connectivity index (χ2n) is 8.84. The largest absolute Gasteiger partial charge is 0.380 e. The van der Waals surface area contributed by atoms with E-state index in [1.165, 1.54) is 17.2 Å². The second kappa shape index (κ2) is 10.4. The first-order chi connectivity index (χ1) is 14.3. The minimum absolute atomic E-state index is 0.121. The van der Waals surface area contributed by atoms with Gasteiger partial charge in [-0.15, -0.1) is 0 Å². The summed E-state index contributed by atoms with van der Waals surface area (Å²) in [7, 11) is 0. The molecule has 1 unspecified atom stereocenters. The topological polar surface area (TPSA) is 41.1 Å². The molecule has 3 nitrogen and oxygen atoms in total. The maximum Gasteiger partial charge on any atom is 0.166 e. The summed E-state index contributed by atoms with van der Waals surface area (Å²) in [5.74, 6) is 0.215. The predicted octanol–water partition coefficient (Wildman–Crippen LogP) is 6.03. The van der Waals surface area contributed by atoms with Crippen molar-refractivity contribution in [2.24, 2.45) is 11.8 Å². The quantitative estimate of drug-likeness (QED) is 0.502. The van der Waals surface area contributed by atoms with E-state index in [4.69, 9.17) is 11.6 Å². The number of hydrogen-bond acceptors (Lipinski definition) is 3. The van der Waals surface area contributed by atoms with Gasteiger partial charge in [0.15, 0.2) is 5.78 Å². The molecule has 162 valence electrons. The Labute approximate surface area is 184 Å². The van der Waals surface area contributed by atoms with Crippen molar-refractivity contribution in [2.75, 3.05) is 18.4 Å². The van der Waals surface area contributed by atoms with E-state index in [1.807, 2.05) is 12.1 Å². The van der Waals surface area contributed by atoms with Gasteiger partial charge < -0.3 is 10.6 Å². The van der Waals surface area contributed by atoms with Crippen molar-refractivity contribution < 1.29 is 9.18 Å². The van der Waals surface area contributed by atoms with Crippen LogP contribution in [0, 0.1) is 17.7 Å². The van der Waals surface area contributed by atoms with E-state index in [1.54, 1.807) is 6.07 Å². The third-order valence-electron chi connectivity index (χ3n) is 5.69. The number of hydrogen-bond donors (Lipinski definition) is 2. The molecule has 0 fully saturated rings. The molecule has 0 aromatic heterocycles. The summed E-state index contributed by atoms with van der Waals surface area (Å²) in [6, 6.07) is 8.93. The molecule has 1 heterocycles. The molecule has 0 aliphatic carbocycles. The number of carbonyl (C=O) groups excluding carboxylic acids is 1. The van der Waals surface area contributed by atoms with Gasteiger partial charge in [0.1, 0.15) is 5.82 Å². The summed E-state index contributed by atoms with van der Waals surface area (Å²) < 4.78 is 14.7. The molecule has 0 saturated carbocycles. The van der Waals surface area contributed by atoms with Crippen molar-refractivity contribution in [3.8, 4) is 0 Å². The third kappa shape index (κ3) is 5.83. The number of benzene rings is 2. The molecule has 5 heteroatoms. The van der Waals surface area contributed by atoms with Crippen LogP contribution in [-0.4, -0.2) is 18.9 Å². The Morgan fingerprint density at radius 2 is 1.93 bits per heavy atom. The van der Waals surface area contributed by atoms with Crippen LogP contribution in [0.1, 0.15) is 60.7 Å². The van der Waals surface area contributed by atoms with Crippen LogP contribution >= 0.6 is 11.6 Å². The Morgan fingerprint density at radius 3 is 2.67 bits per heavy atom. The van der Waals surface area contributed by atoms with Gasteiger partial charge >= 0.3 is 0 Å². The van der Waals surface area contributed by atoms with Crippen molar-refractivity contribution in [3.05, 3.63) is 63.4 Å². The minimum Gasteiger partial charge on any atom is -0.380 e. The molecule has 1 aliphatic heterocycles. The fourth-order valence-corrected chi connectivity index (χ4v) is 4.58. The van der Waals surface area contributed by atoms with Crippen LogP contribution in [0.2, 0.25) is 5.02 Å². The molecule has 2 N–H and O–H groups in total. The Kier molecular flexibility index (Phi) is 7.90. The van der Waals surface area contributed by atoms with Crippen molar-refractivity contribution in [2.45, 2.75) is 53.0 Å². The summed E-state index contributed by atoms with van der Waals surface area (Å²) in [6.45, 7) is 8.66. The highest BCUT2D eigenvalue weighted by atomic mass is 35.5. The average Bonchev–Trinajstić information content (AvgIpc) is 2.92. The molecule has 0 spiro atoms. The van der Waals surface area contributed by atoms with Crippen LogP contribution < -0.4 is 10.6 Å². The molecule has 30 heavy (non-hydrogen) atoms. The smallest absolute Gasteiger partial charge is 0.166 e. The van der Waals surface area contributed by atoms with E-state index >= 15 is 0 Å². The zero-order valence-electron chi connectivity index (χ0n) is 18.2. The second-order valence-corrected chi connectivity index (χ2v) is 9.25. The van der Waals surface area contributed by atoms with Gasteiger partial charge in [-0.3, -0.25) is 4.79 Å². The lowest BCUT2D eigenvalue weighted by Crippen LogP contribution is -2.16. The number of nitrogens with one attached hydrogen (secondary N) is 2. The summed E-state index contributed by atoms with van der Waals surface area (Å²) in [6.07, 6.45) is 3.23. The molecule has 0 amide bonds. The fraction of sp³-hybridized carbons (Fsp3) is 0.480. The highest BCUT2D eigenvalue weighted by molar-refractivity contribution is 6.33. The Balaban J connectivity index is 1.69. The number of fused-ring (bicyclic) bond motifs is 1. The van der Waals surface area contributed by atoms with Crippen LogP contribution in [-0.2, 0) is 19.4 Å². The molecule has 1 aliphatic rings. The van der Waals surface area contributed by atoms with Crippen molar-refractivity contribution in [1.82, 2.24) is 5.32 Å². The number of rotatable bonds is 8. The molecular formula is C25H32ClFN2O. The van der Waals surface area contributed by atoms with Crippen molar-refractivity contribution >= 4 is 23.1 Å². The third-order valence-corrected chi connectivity index (χ3v) is 6.01. The highest BCUT2D eigenvalue weighted by Crippen LogP contribution is 2.31. The van der Waals surface area contributed by atoms with E-state index in [0.717, 1.165) is 43.6 Å². The van der Waals surface area contributed by atoms with Crippen LogP contribution in [0.3, 0.4) is 0 Å². The standard InChI is InChI=1S/C25H32ClFN2O/c1-16(2)12-17(3)13-24(30)21-6-4-18(14-23(21)27)15-29-25-20-9-11-28-10-8-19(20)5-7-22(25)26/h4-7,14,16-17,28-29H,8-13,15H2,1-3H3. The number of ketones is 1. The lowest BCUT2D eigenvalue weighted by atomic mass is 9.92. The van der Waals surface area contributed by atoms with E-state index in [2.05, 4.69) is 37.5 Å². The molecule has 0 radical (unpaired) electrons. The normalized spacial score (nSPS) is 14.9. The van der Waals surface area contributed by atoms with Gasteiger partial charge in [0.25, 0.3) is 0 Å². The number of carbonyl (C=O) groups is 1. The van der Waals surface area contributed by atoms with E-state index in [9.17, 15) is 9.18 Å². The van der Waals surface area contributed by atoms with Crippen LogP contribution in [0.5, 0.6) is 0 Å². The lowest BCUT2D eigenvalue weighted by Gasteiger charge is -2.17. The molecule has 0 bridgehead atoms. The first-order valence-corrected chi connectivity index (χ1v) is 11.3. The average molecular weight is 431 g/mol.